The minimum Gasteiger partial charge on any atom is -0.479 e. The highest BCUT2D eigenvalue weighted by molar-refractivity contribution is 6.05. The molecule has 2 heterocycles. The van der Waals surface area contributed by atoms with Crippen molar-refractivity contribution in [2.45, 2.75) is 13.0 Å². The van der Waals surface area contributed by atoms with Gasteiger partial charge in [0.25, 0.3) is 11.8 Å². The van der Waals surface area contributed by atoms with E-state index in [0.29, 0.717) is 22.7 Å². The van der Waals surface area contributed by atoms with Crippen LogP contribution < -0.4 is 15.4 Å². The van der Waals surface area contributed by atoms with Crippen molar-refractivity contribution in [2.75, 3.05) is 10.6 Å². The third kappa shape index (κ3) is 3.16. The van der Waals surface area contributed by atoms with Crippen LogP contribution in [0.3, 0.4) is 0 Å². The van der Waals surface area contributed by atoms with Gasteiger partial charge in [-0.1, -0.05) is 12.1 Å². The number of benzene rings is 3. The highest BCUT2D eigenvalue weighted by Crippen LogP contribution is 2.32. The molecule has 0 aliphatic carbocycles. The van der Waals surface area contributed by atoms with E-state index in [1.54, 1.807) is 43.6 Å². The summed E-state index contributed by atoms with van der Waals surface area (Å²) in [4.78, 5) is 28.9. The van der Waals surface area contributed by atoms with Gasteiger partial charge in [-0.05, 0) is 61.5 Å². The molecule has 7 heteroatoms. The second-order valence-corrected chi connectivity index (χ2v) is 7.06. The number of amides is 2. The Bertz CT molecular complexity index is 1280. The normalized spacial score (nSPS) is 15.2. The van der Waals surface area contributed by atoms with Crippen LogP contribution in [0.5, 0.6) is 5.75 Å². The molecule has 7 nitrogen and oxygen atoms in total. The van der Waals surface area contributed by atoms with Crippen LogP contribution in [0.1, 0.15) is 17.3 Å². The summed E-state index contributed by atoms with van der Waals surface area (Å²) in [5, 5.41) is 5.63. The number of carbonyl (C=O) groups excluding carboxylic acids is 2. The number of nitrogens with one attached hydrogen (secondary N) is 2. The van der Waals surface area contributed by atoms with Gasteiger partial charge in [0.1, 0.15) is 12.1 Å². The summed E-state index contributed by atoms with van der Waals surface area (Å²) in [6.07, 6.45) is 1.23. The van der Waals surface area contributed by atoms with Crippen molar-refractivity contribution >= 4 is 34.2 Å². The number of rotatable bonds is 3. The van der Waals surface area contributed by atoms with Gasteiger partial charge in [0, 0.05) is 16.9 Å². The second-order valence-electron chi connectivity index (χ2n) is 7.06. The van der Waals surface area contributed by atoms with E-state index < -0.39 is 6.10 Å². The average Bonchev–Trinajstić information content (AvgIpc) is 3.19. The van der Waals surface area contributed by atoms with Crippen molar-refractivity contribution in [2.24, 2.45) is 0 Å². The number of aromatic nitrogens is 2. The maximum absolute atomic E-state index is 12.7. The lowest BCUT2D eigenvalue weighted by Gasteiger charge is -2.23. The van der Waals surface area contributed by atoms with E-state index >= 15 is 0 Å². The van der Waals surface area contributed by atoms with Gasteiger partial charge >= 0.3 is 0 Å². The fourth-order valence-corrected chi connectivity index (χ4v) is 3.43. The molecule has 0 bridgehead atoms. The number of para-hydroxylation sites is 2. The topological polar surface area (TPSA) is 85.2 Å². The number of anilines is 2. The number of hydrogen-bond donors (Lipinski definition) is 2. The van der Waals surface area contributed by atoms with Crippen LogP contribution in [-0.4, -0.2) is 27.5 Å². The zero-order chi connectivity index (χ0) is 20.7. The number of fused-ring (bicyclic) bond motifs is 2. The molecule has 3 aromatic carbocycles. The molecule has 4 aromatic rings. The second kappa shape index (κ2) is 7.04. The van der Waals surface area contributed by atoms with Gasteiger partial charge in [0.15, 0.2) is 6.10 Å². The molecule has 1 atom stereocenters. The van der Waals surface area contributed by atoms with Gasteiger partial charge in [-0.2, -0.15) is 0 Å². The Hall–Kier alpha value is -4.13. The van der Waals surface area contributed by atoms with Gasteiger partial charge in [0.2, 0.25) is 0 Å². The maximum Gasteiger partial charge on any atom is 0.265 e. The maximum atomic E-state index is 12.7. The molecule has 0 spiro atoms. The van der Waals surface area contributed by atoms with E-state index in [1.807, 2.05) is 41.0 Å². The third-order valence-electron chi connectivity index (χ3n) is 5.03. The molecular formula is C23H18N4O3. The molecule has 148 valence electrons. The third-order valence-corrected chi connectivity index (χ3v) is 5.03. The molecule has 30 heavy (non-hydrogen) atoms. The lowest BCUT2D eigenvalue weighted by molar-refractivity contribution is -0.122. The first kappa shape index (κ1) is 17.9. The summed E-state index contributed by atoms with van der Waals surface area (Å²) < 4.78 is 7.51. The van der Waals surface area contributed by atoms with Crippen LogP contribution in [0.2, 0.25) is 0 Å². The van der Waals surface area contributed by atoms with E-state index in [1.165, 1.54) is 0 Å². The molecule has 0 unspecified atom stereocenters. The molecular weight excluding hydrogens is 380 g/mol. The molecule has 5 rings (SSSR count). The van der Waals surface area contributed by atoms with Crippen molar-refractivity contribution in [3.8, 4) is 11.4 Å². The van der Waals surface area contributed by atoms with Crippen molar-refractivity contribution in [3.63, 3.8) is 0 Å². The summed E-state index contributed by atoms with van der Waals surface area (Å²) >= 11 is 0. The van der Waals surface area contributed by atoms with E-state index in [0.717, 1.165) is 16.7 Å². The number of hydrogen-bond acceptors (Lipinski definition) is 4. The van der Waals surface area contributed by atoms with Crippen molar-refractivity contribution in [1.29, 1.82) is 0 Å². The van der Waals surface area contributed by atoms with Crippen LogP contribution >= 0.6 is 0 Å². The Morgan fingerprint density at radius 2 is 1.90 bits per heavy atom. The largest absolute Gasteiger partial charge is 0.479 e. The monoisotopic (exact) mass is 398 g/mol. The van der Waals surface area contributed by atoms with E-state index in [4.69, 9.17) is 4.74 Å². The SMILES string of the molecule is C[C@@H]1Oc2ccc(NC(=O)c3ccc(-n4cnc5ccccc54)cc3)cc2NC1=O. The average molecular weight is 398 g/mol. The number of nitrogens with zero attached hydrogens (tertiary/aromatic N) is 2. The fraction of sp³-hybridized carbons (Fsp3) is 0.0870. The first-order valence-electron chi connectivity index (χ1n) is 9.54. The quantitative estimate of drug-likeness (QED) is 0.546. The molecule has 1 aliphatic heterocycles. The highest BCUT2D eigenvalue weighted by Gasteiger charge is 2.23. The molecule has 1 aliphatic rings. The Labute approximate surface area is 172 Å². The zero-order valence-corrected chi connectivity index (χ0v) is 16.1. The van der Waals surface area contributed by atoms with E-state index in [9.17, 15) is 9.59 Å². The lowest BCUT2D eigenvalue weighted by atomic mass is 10.1. The predicted octanol–water partition coefficient (Wildman–Crippen LogP) is 4.00. The van der Waals surface area contributed by atoms with Crippen molar-refractivity contribution in [1.82, 2.24) is 9.55 Å². The van der Waals surface area contributed by atoms with Crippen LogP contribution in [0.15, 0.2) is 73.1 Å². The Kier molecular flexibility index (Phi) is 4.21. The minimum absolute atomic E-state index is 0.214. The number of carbonyl (C=O) groups is 2. The molecule has 2 amide bonds. The summed E-state index contributed by atoms with van der Waals surface area (Å²) in [5.41, 5.74) is 4.47. The molecule has 1 aromatic heterocycles. The Morgan fingerprint density at radius 1 is 1.10 bits per heavy atom. The highest BCUT2D eigenvalue weighted by atomic mass is 16.5. The summed E-state index contributed by atoms with van der Waals surface area (Å²) in [7, 11) is 0. The van der Waals surface area contributed by atoms with Crippen LogP contribution in [0.25, 0.3) is 16.7 Å². The van der Waals surface area contributed by atoms with Crippen LogP contribution in [0, 0.1) is 0 Å². The van der Waals surface area contributed by atoms with E-state index in [2.05, 4.69) is 15.6 Å². The first-order chi connectivity index (χ1) is 14.6. The Balaban J connectivity index is 1.35. The lowest BCUT2D eigenvalue weighted by Crippen LogP contribution is -2.34. The first-order valence-corrected chi connectivity index (χ1v) is 9.54. The van der Waals surface area contributed by atoms with Crippen LogP contribution in [-0.2, 0) is 4.79 Å². The summed E-state index contributed by atoms with van der Waals surface area (Å²) in [6.45, 7) is 1.68. The predicted molar refractivity (Wildman–Crippen MR) is 114 cm³/mol. The molecule has 0 saturated heterocycles. The summed E-state index contributed by atoms with van der Waals surface area (Å²) in [6, 6.07) is 20.3. The molecule has 0 radical (unpaired) electrons. The van der Waals surface area contributed by atoms with Gasteiger partial charge in [-0.25, -0.2) is 4.98 Å². The smallest absolute Gasteiger partial charge is 0.265 e. The zero-order valence-electron chi connectivity index (χ0n) is 16.1. The number of imidazole rings is 1. The van der Waals surface area contributed by atoms with Gasteiger partial charge < -0.3 is 15.4 Å². The van der Waals surface area contributed by atoms with Gasteiger partial charge in [-0.3, -0.25) is 14.2 Å². The molecule has 0 saturated carbocycles. The van der Waals surface area contributed by atoms with Crippen molar-refractivity contribution < 1.29 is 14.3 Å². The van der Waals surface area contributed by atoms with Gasteiger partial charge in [0.05, 0.1) is 16.7 Å². The fourth-order valence-electron chi connectivity index (χ4n) is 3.43. The molecule has 0 fully saturated rings. The standard InChI is InChI=1S/C23H18N4O3/c1-14-22(28)26-19-12-16(8-11-21(19)30-14)25-23(29)15-6-9-17(10-7-15)27-13-24-18-4-2-3-5-20(18)27/h2-14H,1H3,(H,25,29)(H,26,28)/t14-/m0/s1. The Morgan fingerprint density at radius 3 is 2.73 bits per heavy atom. The van der Waals surface area contributed by atoms with Crippen LogP contribution in [0.4, 0.5) is 11.4 Å². The summed E-state index contributed by atoms with van der Waals surface area (Å²) in [5.74, 6) is 0.124. The van der Waals surface area contributed by atoms with Gasteiger partial charge in [-0.15, -0.1) is 0 Å². The molecule has 2 N–H and O–H groups in total. The van der Waals surface area contributed by atoms with Crippen molar-refractivity contribution in [3.05, 3.63) is 78.6 Å². The number of ether oxygens (including phenoxy) is 1. The minimum atomic E-state index is -0.538. The van der Waals surface area contributed by atoms with E-state index in [-0.39, 0.29) is 11.8 Å².